The van der Waals surface area contributed by atoms with Crippen LogP contribution in [-0.4, -0.2) is 47.7 Å². The van der Waals surface area contributed by atoms with Crippen LogP contribution in [0.15, 0.2) is 0 Å². The van der Waals surface area contributed by atoms with Crippen LogP contribution >= 0.6 is 0 Å². The van der Waals surface area contributed by atoms with Gasteiger partial charge in [-0.25, -0.2) is 4.79 Å². The number of carbonyl (C=O) groups excluding carboxylic acids is 2. The zero-order chi connectivity index (χ0) is 13.3. The van der Waals surface area contributed by atoms with Gasteiger partial charge in [0.25, 0.3) is 5.91 Å². The molecule has 2 fully saturated rings. The second kappa shape index (κ2) is 4.58. The minimum absolute atomic E-state index is 0.0878. The van der Waals surface area contributed by atoms with Gasteiger partial charge < -0.3 is 14.4 Å². The number of carbonyl (C=O) groups is 2. The van der Waals surface area contributed by atoms with E-state index < -0.39 is 17.7 Å². The van der Waals surface area contributed by atoms with E-state index in [1.54, 1.807) is 11.8 Å². The van der Waals surface area contributed by atoms with Gasteiger partial charge in [0.15, 0.2) is 0 Å². The van der Waals surface area contributed by atoms with E-state index in [2.05, 4.69) is 0 Å². The van der Waals surface area contributed by atoms with Crippen molar-refractivity contribution in [2.75, 3.05) is 13.2 Å². The lowest BCUT2D eigenvalue weighted by Crippen LogP contribution is -2.61. The number of nitrogens with zero attached hydrogens (tertiary/aromatic N) is 2. The number of cyclic esters (lactones) is 1. The molecule has 2 rings (SSSR count). The first-order chi connectivity index (χ1) is 8.48. The number of hydrogen-bond donors (Lipinski definition) is 0. The Balaban J connectivity index is 2.10. The fourth-order valence-electron chi connectivity index (χ4n) is 2.30. The highest BCUT2D eigenvalue weighted by Gasteiger charge is 2.52. The van der Waals surface area contributed by atoms with Crippen LogP contribution in [0.4, 0.5) is 0 Å². The maximum Gasteiger partial charge on any atom is 0.329 e. The molecule has 6 nitrogen and oxygen atoms in total. The Morgan fingerprint density at radius 1 is 1.67 bits per heavy atom. The molecule has 0 aliphatic carbocycles. The van der Waals surface area contributed by atoms with Crippen molar-refractivity contribution in [1.29, 1.82) is 5.26 Å². The van der Waals surface area contributed by atoms with Gasteiger partial charge in [0.05, 0.1) is 12.7 Å². The summed E-state index contributed by atoms with van der Waals surface area (Å²) in [5, 5.41) is 8.64. The quantitative estimate of drug-likeness (QED) is 0.671. The monoisotopic (exact) mass is 252 g/mol. The Labute approximate surface area is 105 Å². The average Bonchev–Trinajstić information content (AvgIpc) is 2.83. The van der Waals surface area contributed by atoms with Gasteiger partial charge in [0, 0.05) is 6.54 Å². The van der Waals surface area contributed by atoms with E-state index in [-0.39, 0.29) is 18.5 Å². The third-order valence-electron chi connectivity index (χ3n) is 3.35. The zero-order valence-electron chi connectivity index (χ0n) is 10.5. The Hall–Kier alpha value is -1.61. The van der Waals surface area contributed by atoms with Crippen LogP contribution in [0.25, 0.3) is 0 Å². The van der Waals surface area contributed by atoms with Crippen molar-refractivity contribution < 1.29 is 19.1 Å². The molecular formula is C12H16N2O4. The second-order valence-corrected chi connectivity index (χ2v) is 4.89. The lowest BCUT2D eigenvalue weighted by Gasteiger charge is -2.39. The molecule has 6 heteroatoms. The van der Waals surface area contributed by atoms with Gasteiger partial charge in [-0.15, -0.1) is 0 Å². The summed E-state index contributed by atoms with van der Waals surface area (Å²) in [7, 11) is 0. The normalized spacial score (nSPS) is 32.7. The summed E-state index contributed by atoms with van der Waals surface area (Å²) in [6.07, 6.45) is 0.845. The van der Waals surface area contributed by atoms with Crippen molar-refractivity contribution in [2.45, 2.75) is 44.4 Å². The fraction of sp³-hybridized carbons (Fsp3) is 0.750. The maximum atomic E-state index is 12.3. The smallest absolute Gasteiger partial charge is 0.329 e. The molecule has 0 spiro atoms. The molecule has 18 heavy (non-hydrogen) atoms. The largest absolute Gasteiger partial charge is 0.445 e. The van der Waals surface area contributed by atoms with Gasteiger partial charge in [0.1, 0.15) is 12.1 Å². The van der Waals surface area contributed by atoms with E-state index in [1.807, 2.05) is 6.07 Å². The Morgan fingerprint density at radius 3 is 3.06 bits per heavy atom. The zero-order valence-corrected chi connectivity index (χ0v) is 10.5. The van der Waals surface area contributed by atoms with Gasteiger partial charge in [-0.2, -0.15) is 5.26 Å². The Kier molecular flexibility index (Phi) is 3.26. The molecule has 98 valence electrons. The minimum Gasteiger partial charge on any atom is -0.445 e. The number of morpholine rings is 1. The van der Waals surface area contributed by atoms with Crippen molar-refractivity contribution in [3.63, 3.8) is 0 Å². The highest BCUT2D eigenvalue weighted by molar-refractivity contribution is 5.95. The first-order valence-electron chi connectivity index (χ1n) is 6.03. The van der Waals surface area contributed by atoms with Crippen molar-refractivity contribution in [3.05, 3.63) is 0 Å². The molecule has 1 amide bonds. The number of ether oxygens (including phenoxy) is 2. The summed E-state index contributed by atoms with van der Waals surface area (Å²) < 4.78 is 10.4. The number of amides is 1. The van der Waals surface area contributed by atoms with E-state index in [1.165, 1.54) is 6.92 Å². The van der Waals surface area contributed by atoms with Gasteiger partial charge >= 0.3 is 5.97 Å². The van der Waals surface area contributed by atoms with Gasteiger partial charge in [-0.3, -0.25) is 4.79 Å². The van der Waals surface area contributed by atoms with E-state index >= 15 is 0 Å². The van der Waals surface area contributed by atoms with E-state index in [0.717, 1.165) is 6.42 Å². The van der Waals surface area contributed by atoms with Crippen LogP contribution in [0.2, 0.25) is 0 Å². The first-order valence-corrected chi connectivity index (χ1v) is 6.03. The summed E-state index contributed by atoms with van der Waals surface area (Å²) in [5.41, 5.74) is -1.30. The molecule has 0 aromatic rings. The number of rotatable bonds is 3. The predicted molar refractivity (Wildman–Crippen MR) is 60.3 cm³/mol. The molecule has 0 saturated carbocycles. The van der Waals surface area contributed by atoms with Crippen molar-refractivity contribution in [1.82, 2.24) is 4.90 Å². The maximum absolute atomic E-state index is 12.3. The minimum atomic E-state index is -1.30. The third kappa shape index (κ3) is 2.06. The van der Waals surface area contributed by atoms with Crippen molar-refractivity contribution in [3.8, 4) is 6.07 Å². The molecule has 1 unspecified atom stereocenters. The van der Waals surface area contributed by atoms with Crippen LogP contribution in [0.1, 0.15) is 26.7 Å². The summed E-state index contributed by atoms with van der Waals surface area (Å²) in [6, 6.07) is 1.47. The summed E-state index contributed by atoms with van der Waals surface area (Å²) in [4.78, 5) is 25.6. The predicted octanol–water partition coefficient (Wildman–Crippen LogP) is 0.222. The topological polar surface area (TPSA) is 79.6 Å². The molecule has 0 bridgehead atoms. The van der Waals surface area contributed by atoms with Gasteiger partial charge in [0.2, 0.25) is 5.60 Å². The SMILES string of the molecule is CC(C#N)OC[C@]1(C)OC(=O)[C@H]2CCCN2C1=O. The van der Waals surface area contributed by atoms with Crippen LogP contribution in [0, 0.1) is 11.3 Å². The molecule has 0 aromatic heterocycles. The Bertz CT molecular complexity index is 417. The molecule has 2 aliphatic heterocycles. The van der Waals surface area contributed by atoms with Crippen LogP contribution in [-0.2, 0) is 19.1 Å². The number of esters is 1. The van der Waals surface area contributed by atoms with E-state index in [9.17, 15) is 9.59 Å². The highest BCUT2D eigenvalue weighted by atomic mass is 16.6. The molecule has 2 heterocycles. The van der Waals surface area contributed by atoms with Crippen molar-refractivity contribution >= 4 is 11.9 Å². The van der Waals surface area contributed by atoms with Crippen LogP contribution in [0.3, 0.4) is 0 Å². The molecule has 0 aromatic carbocycles. The summed E-state index contributed by atoms with van der Waals surface area (Å²) in [5.74, 6) is -0.599. The second-order valence-electron chi connectivity index (χ2n) is 4.89. The number of nitriles is 1. The lowest BCUT2D eigenvalue weighted by molar-refractivity contribution is -0.195. The molecule has 0 radical (unpaired) electrons. The summed E-state index contributed by atoms with van der Waals surface area (Å²) >= 11 is 0. The lowest BCUT2D eigenvalue weighted by atomic mass is 10.0. The van der Waals surface area contributed by atoms with Crippen LogP contribution in [0.5, 0.6) is 0 Å². The molecule has 0 N–H and O–H groups in total. The Morgan fingerprint density at radius 2 is 2.39 bits per heavy atom. The first kappa shape index (κ1) is 12.8. The molecule has 3 atom stereocenters. The molecule has 2 saturated heterocycles. The van der Waals surface area contributed by atoms with Crippen molar-refractivity contribution in [2.24, 2.45) is 0 Å². The van der Waals surface area contributed by atoms with E-state index in [4.69, 9.17) is 14.7 Å². The average molecular weight is 252 g/mol. The molecule has 2 aliphatic rings. The number of fused-ring (bicyclic) bond motifs is 1. The fourth-order valence-corrected chi connectivity index (χ4v) is 2.30. The highest BCUT2D eigenvalue weighted by Crippen LogP contribution is 2.30. The van der Waals surface area contributed by atoms with Gasteiger partial charge in [-0.1, -0.05) is 0 Å². The van der Waals surface area contributed by atoms with E-state index in [0.29, 0.717) is 13.0 Å². The molecular weight excluding hydrogens is 236 g/mol. The number of hydrogen-bond acceptors (Lipinski definition) is 5. The summed E-state index contributed by atoms with van der Waals surface area (Å²) in [6.45, 7) is 3.61. The standard InChI is InChI=1S/C12H16N2O4/c1-8(6-13)17-7-12(2)11(16)14-5-3-4-9(14)10(15)18-12/h8-9H,3-5,7H2,1-2H3/t8?,9-,12+/m1/s1. The third-order valence-corrected chi connectivity index (χ3v) is 3.35. The van der Waals surface area contributed by atoms with Gasteiger partial charge in [-0.05, 0) is 26.7 Å². The van der Waals surface area contributed by atoms with Crippen LogP contribution < -0.4 is 0 Å².